The van der Waals surface area contributed by atoms with Gasteiger partial charge in [-0.3, -0.25) is 5.43 Å². The lowest BCUT2D eigenvalue weighted by Crippen LogP contribution is -2.39. The highest BCUT2D eigenvalue weighted by Gasteiger charge is 2.26. The Morgan fingerprint density at radius 3 is 2.42 bits per heavy atom. The van der Waals surface area contributed by atoms with Gasteiger partial charge in [0.05, 0.1) is 6.61 Å². The molecular formula is C28H39N5O2S. The molecule has 7 nitrogen and oxygen atoms in total. The monoisotopic (exact) mass is 509 g/mol. The smallest absolute Gasteiger partial charge is 0.333 e. The second-order valence-electron chi connectivity index (χ2n) is 10.2. The van der Waals surface area contributed by atoms with E-state index >= 15 is 0 Å². The van der Waals surface area contributed by atoms with Crippen molar-refractivity contribution in [2.24, 2.45) is 0 Å². The van der Waals surface area contributed by atoms with Gasteiger partial charge >= 0.3 is 6.03 Å². The second kappa shape index (κ2) is 12.2. The molecule has 1 heterocycles. The van der Waals surface area contributed by atoms with Crippen molar-refractivity contribution in [3.05, 3.63) is 59.7 Å². The maximum Gasteiger partial charge on any atom is 0.333 e. The minimum absolute atomic E-state index is 0.0179. The van der Waals surface area contributed by atoms with Crippen LogP contribution < -0.4 is 20.9 Å². The van der Waals surface area contributed by atoms with Gasteiger partial charge in [0, 0.05) is 29.2 Å². The average Bonchev–Trinajstić information content (AvgIpc) is 3.37. The molecule has 0 unspecified atom stereocenters. The van der Waals surface area contributed by atoms with E-state index in [1.54, 1.807) is 0 Å². The zero-order valence-electron chi connectivity index (χ0n) is 22.3. The maximum absolute atomic E-state index is 12.1. The average molecular weight is 510 g/mol. The van der Waals surface area contributed by atoms with Crippen LogP contribution in [0.2, 0.25) is 0 Å². The van der Waals surface area contributed by atoms with Crippen LogP contribution in [-0.4, -0.2) is 28.5 Å². The first kappa shape index (κ1) is 27.5. The van der Waals surface area contributed by atoms with E-state index in [4.69, 9.17) is 4.74 Å². The molecule has 8 heteroatoms. The van der Waals surface area contributed by atoms with Crippen molar-refractivity contribution in [2.75, 3.05) is 18.6 Å². The van der Waals surface area contributed by atoms with Gasteiger partial charge in [0.1, 0.15) is 5.75 Å². The number of hydrogen-bond donors (Lipinski definition) is 3. The Balaban J connectivity index is 1.46. The first-order valence-electron chi connectivity index (χ1n) is 12.6. The van der Waals surface area contributed by atoms with Gasteiger partial charge in [-0.2, -0.15) is 9.36 Å². The number of carbonyl (C=O) groups is 1. The quantitative estimate of drug-likeness (QED) is 0.187. The van der Waals surface area contributed by atoms with E-state index in [-0.39, 0.29) is 16.9 Å². The molecule has 0 spiro atoms. The highest BCUT2D eigenvalue weighted by atomic mass is 32.1. The summed E-state index contributed by atoms with van der Waals surface area (Å²) >= 11 is 1.19. The molecule has 0 fully saturated rings. The lowest BCUT2D eigenvalue weighted by atomic mass is 9.76. The third kappa shape index (κ3) is 7.20. The molecule has 0 radical (unpaired) electrons. The van der Waals surface area contributed by atoms with Gasteiger partial charge in [-0.1, -0.05) is 84.0 Å². The lowest BCUT2D eigenvalue weighted by molar-refractivity contribution is 0.240. The van der Waals surface area contributed by atoms with Gasteiger partial charge in [-0.25, -0.2) is 10.2 Å². The van der Waals surface area contributed by atoms with Gasteiger partial charge in [-0.05, 0) is 41.7 Å². The number of ether oxygens (including phenoxy) is 1. The minimum Gasteiger partial charge on any atom is -0.493 e. The number of aromatic nitrogens is 2. The van der Waals surface area contributed by atoms with Crippen LogP contribution >= 0.6 is 11.5 Å². The van der Waals surface area contributed by atoms with Crippen molar-refractivity contribution < 1.29 is 9.53 Å². The van der Waals surface area contributed by atoms with Crippen molar-refractivity contribution in [1.82, 2.24) is 20.1 Å². The molecule has 0 aliphatic heterocycles. The van der Waals surface area contributed by atoms with E-state index in [0.717, 1.165) is 24.2 Å². The molecule has 3 aromatic rings. The van der Waals surface area contributed by atoms with Crippen molar-refractivity contribution in [3.8, 4) is 17.1 Å². The predicted molar refractivity (Wildman–Crippen MR) is 149 cm³/mol. The number of anilines is 1. The minimum atomic E-state index is -0.328. The fourth-order valence-corrected chi connectivity index (χ4v) is 4.13. The van der Waals surface area contributed by atoms with Gasteiger partial charge in [-0.15, -0.1) is 0 Å². The van der Waals surface area contributed by atoms with Crippen LogP contribution in [0.5, 0.6) is 5.75 Å². The van der Waals surface area contributed by atoms with Crippen molar-refractivity contribution in [2.45, 2.75) is 71.6 Å². The van der Waals surface area contributed by atoms with Crippen molar-refractivity contribution in [3.63, 3.8) is 0 Å². The number of hydrogen-bond acceptors (Lipinski definition) is 6. The van der Waals surface area contributed by atoms with Gasteiger partial charge in [0.15, 0.2) is 5.82 Å². The number of carbonyl (C=O) groups excluding carboxylic acids is 1. The molecule has 194 valence electrons. The first-order valence-corrected chi connectivity index (χ1v) is 13.4. The number of urea groups is 1. The lowest BCUT2D eigenvalue weighted by Gasteiger charge is -2.30. The number of amides is 2. The summed E-state index contributed by atoms with van der Waals surface area (Å²) in [6.45, 7) is 14.5. The Kier molecular flexibility index (Phi) is 9.31. The summed E-state index contributed by atoms with van der Waals surface area (Å²) in [6.07, 6.45) is 2.79. The molecule has 0 bridgehead atoms. The summed E-state index contributed by atoms with van der Waals surface area (Å²) in [5.74, 6) is 1.55. The van der Waals surface area contributed by atoms with Gasteiger partial charge in [0.25, 0.3) is 0 Å². The van der Waals surface area contributed by atoms with Crippen LogP contribution in [0.25, 0.3) is 11.4 Å². The molecule has 0 saturated carbocycles. The van der Waals surface area contributed by atoms with E-state index in [9.17, 15) is 4.79 Å². The molecule has 0 saturated heterocycles. The van der Waals surface area contributed by atoms with Crippen molar-refractivity contribution >= 4 is 22.7 Å². The van der Waals surface area contributed by atoms with E-state index in [1.165, 1.54) is 22.7 Å². The number of benzene rings is 2. The largest absolute Gasteiger partial charge is 0.493 e. The number of rotatable bonds is 12. The molecule has 0 aliphatic carbocycles. The maximum atomic E-state index is 12.1. The summed E-state index contributed by atoms with van der Waals surface area (Å²) in [5.41, 5.74) is 9.06. The Morgan fingerprint density at radius 1 is 1.00 bits per heavy atom. The third-order valence-electron chi connectivity index (χ3n) is 6.86. The standard InChI is InChI=1S/C28H39N5O2S/c1-7-27(3,4)21-15-16-23(22(19-21)28(5,6)8-2)35-18-12-17-29-25(34)31-32-26-30-24(33-36-26)20-13-10-9-11-14-20/h9-11,13-16,19H,7-8,12,17-18H2,1-6H3,(H2,29,31,34)(H,30,32,33). The first-order chi connectivity index (χ1) is 17.2. The van der Waals surface area contributed by atoms with Gasteiger partial charge in [0.2, 0.25) is 5.13 Å². The third-order valence-corrected chi connectivity index (χ3v) is 7.49. The van der Waals surface area contributed by atoms with Gasteiger partial charge < -0.3 is 10.1 Å². The molecule has 0 atom stereocenters. The van der Waals surface area contributed by atoms with Crippen LogP contribution in [0.15, 0.2) is 48.5 Å². The highest BCUT2D eigenvalue weighted by Crippen LogP contribution is 2.38. The number of nitrogens with one attached hydrogen (secondary N) is 3. The van der Waals surface area contributed by atoms with Crippen LogP contribution in [-0.2, 0) is 10.8 Å². The van der Waals surface area contributed by atoms with E-state index in [2.05, 4.69) is 85.3 Å². The molecular weight excluding hydrogens is 470 g/mol. The highest BCUT2D eigenvalue weighted by molar-refractivity contribution is 7.09. The molecule has 2 amide bonds. The zero-order valence-corrected chi connectivity index (χ0v) is 23.1. The predicted octanol–water partition coefficient (Wildman–Crippen LogP) is 6.68. The summed E-state index contributed by atoms with van der Waals surface area (Å²) in [4.78, 5) is 16.5. The summed E-state index contributed by atoms with van der Waals surface area (Å²) in [7, 11) is 0. The molecule has 2 aromatic carbocycles. The molecule has 3 N–H and O–H groups in total. The van der Waals surface area contributed by atoms with E-state index < -0.39 is 0 Å². The Labute approximate surface area is 219 Å². The Morgan fingerprint density at radius 2 is 1.72 bits per heavy atom. The Hall–Kier alpha value is -3.13. The number of nitrogens with zero attached hydrogens (tertiary/aromatic N) is 2. The molecule has 3 rings (SSSR count). The van der Waals surface area contributed by atoms with Crippen molar-refractivity contribution in [1.29, 1.82) is 0 Å². The van der Waals surface area contributed by atoms with Crippen LogP contribution in [0.3, 0.4) is 0 Å². The fourth-order valence-electron chi connectivity index (χ4n) is 3.59. The second-order valence-corrected chi connectivity index (χ2v) is 10.9. The number of hydrazine groups is 1. The molecule has 0 aliphatic rings. The zero-order chi connectivity index (χ0) is 26.2. The summed E-state index contributed by atoms with van der Waals surface area (Å²) < 4.78 is 10.5. The fraction of sp³-hybridized carbons (Fsp3) is 0.464. The molecule has 1 aromatic heterocycles. The van der Waals surface area contributed by atoms with Crippen LogP contribution in [0.1, 0.15) is 71.9 Å². The van der Waals surface area contributed by atoms with Crippen LogP contribution in [0, 0.1) is 0 Å². The topological polar surface area (TPSA) is 88.2 Å². The van der Waals surface area contributed by atoms with Crippen LogP contribution in [0.4, 0.5) is 9.93 Å². The van der Waals surface area contributed by atoms with E-state index in [0.29, 0.717) is 30.5 Å². The Bertz CT molecular complexity index is 1130. The summed E-state index contributed by atoms with van der Waals surface area (Å²) in [5, 5.41) is 3.36. The summed E-state index contributed by atoms with van der Waals surface area (Å²) in [6, 6.07) is 16.0. The normalized spacial score (nSPS) is 11.7. The van der Waals surface area contributed by atoms with E-state index in [1.807, 2.05) is 30.3 Å². The molecule has 36 heavy (non-hydrogen) atoms. The SMILES string of the molecule is CCC(C)(C)c1ccc(OCCCNC(=O)NNc2nc(-c3ccccc3)ns2)c(C(C)(C)CC)c1.